The largest absolute Gasteiger partial charge is 0.481 e. The van der Waals surface area contributed by atoms with Gasteiger partial charge in [0.2, 0.25) is 5.91 Å². The summed E-state index contributed by atoms with van der Waals surface area (Å²) in [6, 6.07) is 5.64. The van der Waals surface area contributed by atoms with E-state index in [9.17, 15) is 14.4 Å². The maximum atomic E-state index is 12.7. The lowest BCUT2D eigenvalue weighted by Crippen LogP contribution is -2.46. The Morgan fingerprint density at radius 3 is 2.88 bits per heavy atom. The number of likely N-dealkylation sites (tertiary alicyclic amines) is 1. The second-order valence-electron chi connectivity index (χ2n) is 7.03. The van der Waals surface area contributed by atoms with Crippen LogP contribution in [-0.4, -0.2) is 59.4 Å². The highest BCUT2D eigenvalue weighted by atomic mass is 16.4. The van der Waals surface area contributed by atoms with Crippen LogP contribution in [0.1, 0.15) is 40.7 Å². The highest BCUT2D eigenvalue weighted by Gasteiger charge is 2.29. The predicted octanol–water partition coefficient (Wildman–Crippen LogP) is 2.04. The predicted molar refractivity (Wildman–Crippen MR) is 97.7 cm³/mol. The van der Waals surface area contributed by atoms with E-state index in [2.05, 4.69) is 12.2 Å². The monoisotopic (exact) mass is 356 g/mol. The number of carbonyl (C=O) groups excluding carboxylic acids is 2. The summed E-state index contributed by atoms with van der Waals surface area (Å²) in [4.78, 5) is 39.3. The lowest BCUT2D eigenvalue weighted by atomic mass is 9.95. The minimum Gasteiger partial charge on any atom is -0.481 e. The number of allylic oxidation sites excluding steroid dienone is 1. The van der Waals surface area contributed by atoms with Gasteiger partial charge in [-0.2, -0.15) is 0 Å². The van der Waals surface area contributed by atoms with E-state index in [0.717, 1.165) is 24.0 Å². The van der Waals surface area contributed by atoms with Crippen molar-refractivity contribution < 1.29 is 19.5 Å². The van der Waals surface area contributed by atoms with Gasteiger partial charge >= 0.3 is 5.97 Å². The first-order chi connectivity index (χ1) is 12.5. The minimum atomic E-state index is -0.866. The molecule has 2 aliphatic rings. The molecule has 1 saturated heterocycles. The standard InChI is InChI=1S/C20H24N2O4/c1-21(13-18(23)22-10-4-7-17(12-22)20(25)26)19(24)16-9-8-14-5-2-3-6-15(14)11-16/h2,5,8-9,11,17H,3-4,6-7,10,12-13H2,1H3,(H,25,26). The molecule has 1 aliphatic carbocycles. The smallest absolute Gasteiger partial charge is 0.308 e. The van der Waals surface area contributed by atoms with Gasteiger partial charge in [0.15, 0.2) is 0 Å². The van der Waals surface area contributed by atoms with Crippen molar-refractivity contribution in [2.75, 3.05) is 26.7 Å². The van der Waals surface area contributed by atoms with Crippen molar-refractivity contribution in [3.8, 4) is 0 Å². The number of carboxylic acids is 1. The molecule has 0 spiro atoms. The van der Waals surface area contributed by atoms with Gasteiger partial charge in [0, 0.05) is 25.7 Å². The Labute approximate surface area is 153 Å². The van der Waals surface area contributed by atoms with E-state index in [1.807, 2.05) is 12.1 Å². The van der Waals surface area contributed by atoms with E-state index >= 15 is 0 Å². The van der Waals surface area contributed by atoms with E-state index in [1.54, 1.807) is 18.0 Å². The zero-order valence-corrected chi connectivity index (χ0v) is 15.0. The average molecular weight is 356 g/mol. The lowest BCUT2D eigenvalue weighted by molar-refractivity contribution is -0.145. The van der Waals surface area contributed by atoms with E-state index < -0.39 is 11.9 Å². The van der Waals surface area contributed by atoms with Crippen molar-refractivity contribution in [3.63, 3.8) is 0 Å². The number of hydrogen-bond donors (Lipinski definition) is 1. The Morgan fingerprint density at radius 1 is 1.31 bits per heavy atom. The van der Waals surface area contributed by atoms with Crippen molar-refractivity contribution in [1.29, 1.82) is 0 Å². The first kappa shape index (κ1) is 18.2. The van der Waals surface area contributed by atoms with E-state index in [1.165, 1.54) is 4.90 Å². The molecule has 6 heteroatoms. The average Bonchev–Trinajstić information content (AvgIpc) is 2.67. The Morgan fingerprint density at radius 2 is 2.12 bits per heavy atom. The molecule has 6 nitrogen and oxygen atoms in total. The quantitative estimate of drug-likeness (QED) is 0.896. The summed E-state index contributed by atoms with van der Waals surface area (Å²) in [6.45, 7) is 0.735. The lowest BCUT2D eigenvalue weighted by Gasteiger charge is -2.32. The van der Waals surface area contributed by atoms with Crippen LogP contribution in [0.25, 0.3) is 6.08 Å². The molecule has 3 rings (SSSR count). The van der Waals surface area contributed by atoms with Crippen LogP contribution in [-0.2, 0) is 16.0 Å². The van der Waals surface area contributed by atoms with Gasteiger partial charge in [-0.05, 0) is 48.9 Å². The Kier molecular flexibility index (Phi) is 5.40. The number of hydrogen-bond acceptors (Lipinski definition) is 3. The van der Waals surface area contributed by atoms with Crippen LogP contribution in [0.15, 0.2) is 24.3 Å². The second-order valence-corrected chi connectivity index (χ2v) is 7.03. The number of nitrogens with zero attached hydrogens (tertiary/aromatic N) is 2. The number of aliphatic carboxylic acids is 1. The summed E-state index contributed by atoms with van der Waals surface area (Å²) in [5.41, 5.74) is 2.87. The normalized spacial score (nSPS) is 19.0. The third-order valence-electron chi connectivity index (χ3n) is 5.11. The molecule has 1 aliphatic heterocycles. The van der Waals surface area contributed by atoms with Gasteiger partial charge in [-0.15, -0.1) is 0 Å². The molecular weight excluding hydrogens is 332 g/mol. The molecule has 1 aromatic rings. The van der Waals surface area contributed by atoms with Gasteiger partial charge in [-0.25, -0.2) is 0 Å². The minimum absolute atomic E-state index is 0.0395. The van der Waals surface area contributed by atoms with Crippen LogP contribution < -0.4 is 0 Å². The van der Waals surface area contributed by atoms with Crippen LogP contribution in [0.5, 0.6) is 0 Å². The summed E-state index contributed by atoms with van der Waals surface area (Å²) in [7, 11) is 1.61. The number of likely N-dealkylation sites (N-methyl/N-ethyl adjacent to an activating group) is 1. The molecule has 1 atom stereocenters. The number of piperidine rings is 1. The molecule has 2 amide bonds. The molecule has 0 saturated carbocycles. The first-order valence-corrected chi connectivity index (χ1v) is 9.01. The second kappa shape index (κ2) is 7.72. The number of rotatable bonds is 4. The number of fused-ring (bicyclic) bond motifs is 1. The number of carbonyl (C=O) groups is 3. The molecule has 1 unspecified atom stereocenters. The number of benzene rings is 1. The summed E-state index contributed by atoms with van der Waals surface area (Å²) < 4.78 is 0. The fraction of sp³-hybridized carbons (Fsp3) is 0.450. The zero-order valence-electron chi connectivity index (χ0n) is 15.0. The van der Waals surface area contributed by atoms with Crippen LogP contribution in [0, 0.1) is 5.92 Å². The molecule has 1 fully saturated rings. The molecule has 138 valence electrons. The van der Waals surface area contributed by atoms with Gasteiger partial charge in [0.05, 0.1) is 12.5 Å². The van der Waals surface area contributed by atoms with Crippen molar-refractivity contribution in [2.45, 2.75) is 25.7 Å². The fourth-order valence-electron chi connectivity index (χ4n) is 3.57. The molecule has 0 bridgehead atoms. The highest BCUT2D eigenvalue weighted by molar-refractivity contribution is 5.96. The van der Waals surface area contributed by atoms with E-state index in [-0.39, 0.29) is 24.9 Å². The molecule has 26 heavy (non-hydrogen) atoms. The van der Waals surface area contributed by atoms with Crippen molar-refractivity contribution >= 4 is 23.9 Å². The van der Waals surface area contributed by atoms with Crippen molar-refractivity contribution in [3.05, 3.63) is 41.0 Å². The van der Waals surface area contributed by atoms with Crippen molar-refractivity contribution in [1.82, 2.24) is 9.80 Å². The third-order valence-corrected chi connectivity index (χ3v) is 5.11. The van der Waals surface area contributed by atoms with E-state index in [4.69, 9.17) is 5.11 Å². The Balaban J connectivity index is 1.63. The molecule has 1 aromatic carbocycles. The zero-order chi connectivity index (χ0) is 18.7. The molecule has 0 radical (unpaired) electrons. The van der Waals surface area contributed by atoms with Gasteiger partial charge in [-0.1, -0.05) is 18.2 Å². The van der Waals surface area contributed by atoms with Gasteiger partial charge < -0.3 is 14.9 Å². The van der Waals surface area contributed by atoms with Crippen LogP contribution in [0.3, 0.4) is 0 Å². The SMILES string of the molecule is CN(CC(=O)N1CCCC(C(=O)O)C1)C(=O)c1ccc2c(c1)CCC=C2. The Bertz CT molecular complexity index is 756. The topological polar surface area (TPSA) is 77.9 Å². The van der Waals surface area contributed by atoms with Crippen LogP contribution in [0.2, 0.25) is 0 Å². The molecular formula is C20H24N2O4. The van der Waals surface area contributed by atoms with Crippen LogP contribution >= 0.6 is 0 Å². The van der Waals surface area contributed by atoms with Crippen LogP contribution in [0.4, 0.5) is 0 Å². The number of aryl methyl sites for hydroxylation is 1. The summed E-state index contributed by atoms with van der Waals surface area (Å²) in [6.07, 6.45) is 7.35. The maximum Gasteiger partial charge on any atom is 0.308 e. The number of carboxylic acid groups (broad SMARTS) is 1. The van der Waals surface area contributed by atoms with Gasteiger partial charge in [0.1, 0.15) is 0 Å². The highest BCUT2D eigenvalue weighted by Crippen LogP contribution is 2.21. The maximum absolute atomic E-state index is 12.7. The van der Waals surface area contributed by atoms with Crippen molar-refractivity contribution in [2.24, 2.45) is 5.92 Å². The third kappa shape index (κ3) is 3.95. The Hall–Kier alpha value is -2.63. The number of amides is 2. The summed E-state index contributed by atoms with van der Waals surface area (Å²) in [5, 5.41) is 9.15. The van der Waals surface area contributed by atoms with Gasteiger partial charge in [0.25, 0.3) is 5.91 Å². The molecule has 1 heterocycles. The summed E-state index contributed by atoms with van der Waals surface area (Å²) >= 11 is 0. The summed E-state index contributed by atoms with van der Waals surface area (Å²) in [5.74, 6) is -1.77. The fourth-order valence-corrected chi connectivity index (χ4v) is 3.57. The first-order valence-electron chi connectivity index (χ1n) is 9.01. The van der Waals surface area contributed by atoms with E-state index in [0.29, 0.717) is 24.9 Å². The molecule has 1 N–H and O–H groups in total. The molecule has 0 aromatic heterocycles. The van der Waals surface area contributed by atoms with Gasteiger partial charge in [-0.3, -0.25) is 14.4 Å².